The monoisotopic (exact) mass is 1360 g/mol. The van der Waals surface area contributed by atoms with Gasteiger partial charge in [0.2, 0.25) is 5.91 Å². The lowest BCUT2D eigenvalue weighted by molar-refractivity contribution is -0.379. The van der Waals surface area contributed by atoms with Crippen molar-refractivity contribution in [1.82, 2.24) is 5.32 Å². The number of rotatable bonds is 61. The van der Waals surface area contributed by atoms with Crippen LogP contribution in [0.15, 0.2) is 36.5 Å². The van der Waals surface area contributed by atoms with E-state index >= 15 is 0 Å². The summed E-state index contributed by atoms with van der Waals surface area (Å²) in [6, 6.07) is -0.995. The van der Waals surface area contributed by atoms with Crippen LogP contribution in [0.2, 0.25) is 0 Å². The van der Waals surface area contributed by atoms with Crippen LogP contribution < -0.4 is 5.32 Å². The number of hydrogen-bond acceptors (Lipinski definition) is 18. The minimum atomic E-state index is -1.98. The minimum absolute atomic E-state index is 0.236. The molecule has 3 aliphatic heterocycles. The Balaban J connectivity index is 1.37. The molecule has 17 unspecified atom stereocenters. The summed E-state index contributed by atoms with van der Waals surface area (Å²) in [4.78, 5) is 13.4. The molecule has 0 aromatic rings. The van der Waals surface area contributed by atoms with Gasteiger partial charge in [-0.1, -0.05) is 294 Å². The maximum atomic E-state index is 13.4. The number of unbranched alkanes of at least 4 members (excludes halogenated alkanes) is 41. The third kappa shape index (κ3) is 38.6. The molecule has 3 fully saturated rings. The standard InChI is InChI=1S/C76H141NO18/c1-3-5-7-9-11-13-15-17-19-21-23-24-25-26-27-28-29-30-31-32-33-34-35-36-38-40-42-44-46-48-50-52-54-64(82)77-59(60(81)53-51-49-47-45-43-41-39-37-22-20-18-16-14-12-10-8-6-4-2)58-90-74-70(88)67(85)72(62(56-79)92-74)95-76-71(89)68(86)73(63(57-80)93-76)94-75-69(87)66(84)65(83)61(55-78)91-75/h22,37,43,45,51,53,59-63,65-76,78-81,83-89H,3-21,23-36,38-42,44,46-50,52,54-58H2,1-2H3,(H,77,82)/b37-22+,45-43+,53-51+. The number of allylic oxidation sites excluding steroid dienone is 5. The molecule has 17 atom stereocenters. The Morgan fingerprint density at radius 3 is 1.05 bits per heavy atom. The SMILES string of the molecule is CCCCCCCCCC/C=C/CC/C=C/CC/C=C/C(O)C(COC1OC(CO)C(OC2OC(CO)C(OC3OC(CO)C(O)C(O)C3O)C(O)C2O)C(O)C1O)NC(=O)CCCCCCCCCCCCCCCCCCCCCCCCCCCCCCCCCC. The predicted octanol–water partition coefficient (Wildman–Crippen LogP) is 11.9. The number of nitrogens with one attached hydrogen (secondary N) is 1. The Labute approximate surface area is 574 Å². The van der Waals surface area contributed by atoms with E-state index < -0.39 is 124 Å². The molecule has 558 valence electrons. The largest absolute Gasteiger partial charge is 0.394 e. The van der Waals surface area contributed by atoms with Gasteiger partial charge in [0, 0.05) is 6.42 Å². The van der Waals surface area contributed by atoms with E-state index in [9.17, 15) is 61.0 Å². The predicted molar refractivity (Wildman–Crippen MR) is 374 cm³/mol. The summed E-state index contributed by atoms with van der Waals surface area (Å²) in [6.45, 7) is 1.74. The fourth-order valence-corrected chi connectivity index (χ4v) is 13.2. The third-order valence-electron chi connectivity index (χ3n) is 19.4. The molecule has 0 radical (unpaired) electrons. The van der Waals surface area contributed by atoms with Crippen LogP contribution in [0.5, 0.6) is 0 Å². The van der Waals surface area contributed by atoms with Gasteiger partial charge in [0.15, 0.2) is 18.9 Å². The number of ether oxygens (including phenoxy) is 6. The van der Waals surface area contributed by atoms with Crippen molar-refractivity contribution in [2.45, 2.75) is 413 Å². The van der Waals surface area contributed by atoms with Gasteiger partial charge in [0.25, 0.3) is 0 Å². The second-order valence-electron chi connectivity index (χ2n) is 27.8. The van der Waals surface area contributed by atoms with E-state index in [1.165, 1.54) is 231 Å². The average molecular weight is 1360 g/mol. The van der Waals surface area contributed by atoms with Crippen LogP contribution in [0.4, 0.5) is 0 Å². The summed E-state index contributed by atoms with van der Waals surface area (Å²) < 4.78 is 34.4. The fraction of sp³-hybridized carbons (Fsp3) is 0.908. The molecule has 1 amide bonds. The van der Waals surface area contributed by atoms with E-state index in [0.29, 0.717) is 12.8 Å². The van der Waals surface area contributed by atoms with E-state index in [2.05, 4.69) is 43.5 Å². The summed E-state index contributed by atoms with van der Waals surface area (Å²) >= 11 is 0. The Morgan fingerprint density at radius 2 is 0.674 bits per heavy atom. The van der Waals surface area contributed by atoms with Crippen molar-refractivity contribution in [2.75, 3.05) is 26.4 Å². The molecule has 12 N–H and O–H groups in total. The van der Waals surface area contributed by atoms with E-state index in [-0.39, 0.29) is 18.9 Å². The van der Waals surface area contributed by atoms with E-state index in [0.717, 1.165) is 44.9 Å². The molecule has 0 aromatic heterocycles. The van der Waals surface area contributed by atoms with E-state index in [4.69, 9.17) is 28.4 Å². The lowest BCUT2D eigenvalue weighted by Crippen LogP contribution is -2.66. The molecular formula is C76H141NO18. The van der Waals surface area contributed by atoms with Crippen molar-refractivity contribution in [1.29, 1.82) is 0 Å². The molecule has 3 heterocycles. The normalized spacial score (nSPS) is 27.4. The molecule has 3 aliphatic rings. The van der Waals surface area contributed by atoms with Crippen LogP contribution >= 0.6 is 0 Å². The molecule has 19 heteroatoms. The second-order valence-corrected chi connectivity index (χ2v) is 27.8. The molecule has 3 rings (SSSR count). The quantitative estimate of drug-likeness (QED) is 0.0199. The maximum absolute atomic E-state index is 13.4. The van der Waals surface area contributed by atoms with Gasteiger partial charge in [-0.25, -0.2) is 0 Å². The van der Waals surface area contributed by atoms with Gasteiger partial charge in [-0.05, 0) is 44.9 Å². The average Bonchev–Trinajstić information content (AvgIpc) is 0.787. The van der Waals surface area contributed by atoms with Crippen LogP contribution in [0, 0.1) is 0 Å². The zero-order valence-electron chi connectivity index (χ0n) is 59.4. The lowest BCUT2D eigenvalue weighted by atomic mass is 9.96. The van der Waals surface area contributed by atoms with Crippen LogP contribution in [-0.2, 0) is 33.2 Å². The number of aliphatic hydroxyl groups is 11. The zero-order valence-corrected chi connectivity index (χ0v) is 59.4. The number of hydrogen-bond donors (Lipinski definition) is 12. The Bertz CT molecular complexity index is 1860. The van der Waals surface area contributed by atoms with Gasteiger partial charge in [0.05, 0.1) is 38.6 Å². The van der Waals surface area contributed by atoms with Gasteiger partial charge >= 0.3 is 0 Å². The summed E-state index contributed by atoms with van der Waals surface area (Å²) in [7, 11) is 0. The molecule has 95 heavy (non-hydrogen) atoms. The minimum Gasteiger partial charge on any atom is -0.394 e. The topological polar surface area (TPSA) is 307 Å². The van der Waals surface area contributed by atoms with Crippen molar-refractivity contribution in [3.63, 3.8) is 0 Å². The zero-order chi connectivity index (χ0) is 68.9. The smallest absolute Gasteiger partial charge is 0.220 e. The number of carbonyl (C=O) groups excluding carboxylic acids is 1. The highest BCUT2D eigenvalue weighted by molar-refractivity contribution is 5.76. The molecule has 0 aromatic carbocycles. The summed E-state index contributed by atoms with van der Waals surface area (Å²) in [6.07, 6.45) is 42.9. The maximum Gasteiger partial charge on any atom is 0.220 e. The van der Waals surface area contributed by atoms with Crippen LogP contribution in [0.25, 0.3) is 0 Å². The molecule has 0 aliphatic carbocycles. The molecule has 0 spiro atoms. The second kappa shape index (κ2) is 57.6. The third-order valence-corrected chi connectivity index (χ3v) is 19.4. The Morgan fingerprint density at radius 1 is 0.368 bits per heavy atom. The van der Waals surface area contributed by atoms with Crippen LogP contribution in [0.1, 0.15) is 309 Å². The first kappa shape index (κ1) is 87.2. The van der Waals surface area contributed by atoms with Gasteiger partial charge in [-0.15, -0.1) is 0 Å². The molecule has 0 bridgehead atoms. The lowest BCUT2D eigenvalue weighted by Gasteiger charge is -2.48. The summed E-state index contributed by atoms with van der Waals surface area (Å²) in [5, 5.41) is 121. The van der Waals surface area contributed by atoms with Crippen molar-refractivity contribution >= 4 is 5.91 Å². The highest BCUT2D eigenvalue weighted by Gasteiger charge is 2.53. The fourth-order valence-electron chi connectivity index (χ4n) is 13.2. The summed E-state index contributed by atoms with van der Waals surface area (Å²) in [5.41, 5.74) is 0. The van der Waals surface area contributed by atoms with E-state index in [1.54, 1.807) is 6.08 Å². The molecule has 19 nitrogen and oxygen atoms in total. The van der Waals surface area contributed by atoms with Gasteiger partial charge in [0.1, 0.15) is 73.2 Å². The van der Waals surface area contributed by atoms with Gasteiger partial charge < -0.3 is 89.9 Å². The highest BCUT2D eigenvalue weighted by Crippen LogP contribution is 2.33. The van der Waals surface area contributed by atoms with Gasteiger partial charge in [-0.2, -0.15) is 0 Å². The van der Waals surface area contributed by atoms with Crippen LogP contribution in [0.3, 0.4) is 0 Å². The number of amides is 1. The van der Waals surface area contributed by atoms with Crippen molar-refractivity contribution in [3.8, 4) is 0 Å². The van der Waals surface area contributed by atoms with Crippen molar-refractivity contribution in [2.24, 2.45) is 0 Å². The first-order chi connectivity index (χ1) is 46.3. The molecule has 0 saturated carbocycles. The van der Waals surface area contributed by atoms with Crippen LogP contribution in [-0.4, -0.2) is 193 Å². The van der Waals surface area contributed by atoms with Crippen molar-refractivity contribution < 1.29 is 89.4 Å². The summed E-state index contributed by atoms with van der Waals surface area (Å²) in [5.74, 6) is -0.284. The number of aliphatic hydroxyl groups excluding tert-OH is 11. The Hall–Kier alpha value is -1.99. The van der Waals surface area contributed by atoms with Crippen molar-refractivity contribution in [3.05, 3.63) is 36.5 Å². The first-order valence-electron chi connectivity index (χ1n) is 38.7. The molecular weight excluding hydrogens is 1210 g/mol. The molecule has 3 saturated heterocycles. The number of carbonyl (C=O) groups is 1. The highest BCUT2D eigenvalue weighted by atomic mass is 16.8. The van der Waals surface area contributed by atoms with E-state index in [1.807, 2.05) is 6.08 Å². The Kier molecular flexibility index (Phi) is 52.9. The van der Waals surface area contributed by atoms with Gasteiger partial charge in [-0.3, -0.25) is 4.79 Å². The first-order valence-corrected chi connectivity index (χ1v) is 38.7.